The van der Waals surface area contributed by atoms with Crippen molar-refractivity contribution in [3.05, 3.63) is 29.8 Å². The van der Waals surface area contributed by atoms with Gasteiger partial charge in [0, 0.05) is 13.0 Å². The maximum absolute atomic E-state index is 12.5. The summed E-state index contributed by atoms with van der Waals surface area (Å²) in [5.74, 6) is -0.297. The van der Waals surface area contributed by atoms with Crippen molar-refractivity contribution in [3.63, 3.8) is 0 Å². The first-order chi connectivity index (χ1) is 12.2. The molecule has 0 unspecified atom stereocenters. The van der Waals surface area contributed by atoms with E-state index in [9.17, 15) is 23.1 Å². The third-order valence-corrected chi connectivity index (χ3v) is 5.28. The van der Waals surface area contributed by atoms with Gasteiger partial charge in [0.25, 0.3) is 0 Å². The molecule has 2 fully saturated rings. The lowest BCUT2D eigenvalue weighted by Gasteiger charge is -2.45. The van der Waals surface area contributed by atoms with E-state index >= 15 is 0 Å². The molecule has 1 spiro atoms. The standard InChI is InChI=1S/C18H22F3NO4/c1-12(13-2-4-15(5-3-13)25-18(19,20)21)22-11-10-17(26-16(22)24)8-6-14(23)7-9-17/h2-5,12,14,23H,6-11H2,1H3/t12-,14?,17?/m0/s1. The number of hydrogen-bond donors (Lipinski definition) is 1. The van der Waals surface area contributed by atoms with E-state index in [4.69, 9.17) is 4.74 Å². The Morgan fingerprint density at radius 3 is 2.38 bits per heavy atom. The summed E-state index contributed by atoms with van der Waals surface area (Å²) in [7, 11) is 0. The van der Waals surface area contributed by atoms with Crippen molar-refractivity contribution in [2.45, 2.75) is 63.1 Å². The Balaban J connectivity index is 1.63. The molecule has 0 aromatic heterocycles. The number of hydrogen-bond acceptors (Lipinski definition) is 4. The Morgan fingerprint density at radius 2 is 1.85 bits per heavy atom. The molecule has 144 valence electrons. The summed E-state index contributed by atoms with van der Waals surface area (Å²) in [6.07, 6.45) is -2.22. The number of carbonyl (C=O) groups is 1. The van der Waals surface area contributed by atoms with E-state index in [-0.39, 0.29) is 17.9 Å². The van der Waals surface area contributed by atoms with Gasteiger partial charge in [0.05, 0.1) is 12.1 Å². The summed E-state index contributed by atoms with van der Waals surface area (Å²) in [4.78, 5) is 14.1. The van der Waals surface area contributed by atoms with Crippen molar-refractivity contribution in [2.24, 2.45) is 0 Å². The topological polar surface area (TPSA) is 59.0 Å². The van der Waals surface area contributed by atoms with Gasteiger partial charge in [-0.05, 0) is 50.3 Å². The van der Waals surface area contributed by atoms with Gasteiger partial charge in [0.15, 0.2) is 0 Å². The fraction of sp³-hybridized carbons (Fsp3) is 0.611. The number of benzene rings is 1. The minimum absolute atomic E-state index is 0.297. The van der Waals surface area contributed by atoms with Gasteiger partial charge in [-0.3, -0.25) is 0 Å². The number of aliphatic hydroxyl groups is 1. The minimum atomic E-state index is -4.73. The van der Waals surface area contributed by atoms with Crippen LogP contribution in [0.4, 0.5) is 18.0 Å². The number of ether oxygens (including phenoxy) is 2. The van der Waals surface area contributed by atoms with Crippen LogP contribution in [0.2, 0.25) is 0 Å². The van der Waals surface area contributed by atoms with Gasteiger partial charge < -0.3 is 19.5 Å². The quantitative estimate of drug-likeness (QED) is 0.864. The number of alkyl halides is 3. The highest BCUT2D eigenvalue weighted by molar-refractivity contribution is 5.69. The molecule has 0 bridgehead atoms. The van der Waals surface area contributed by atoms with Gasteiger partial charge in [0.2, 0.25) is 0 Å². The van der Waals surface area contributed by atoms with Crippen LogP contribution >= 0.6 is 0 Å². The van der Waals surface area contributed by atoms with Crippen LogP contribution in [0.3, 0.4) is 0 Å². The lowest BCUT2D eigenvalue weighted by molar-refractivity contribution is -0.274. The first kappa shape index (κ1) is 18.8. The molecule has 1 atom stereocenters. The number of nitrogens with zero attached hydrogens (tertiary/aromatic N) is 1. The van der Waals surface area contributed by atoms with E-state index in [0.717, 1.165) is 0 Å². The second-order valence-electron chi connectivity index (χ2n) is 7.02. The zero-order valence-corrected chi connectivity index (χ0v) is 14.5. The van der Waals surface area contributed by atoms with Gasteiger partial charge in [-0.2, -0.15) is 0 Å². The summed E-state index contributed by atoms with van der Waals surface area (Å²) in [5, 5.41) is 9.64. The monoisotopic (exact) mass is 373 g/mol. The summed E-state index contributed by atoms with van der Waals surface area (Å²) in [5.41, 5.74) is 0.211. The minimum Gasteiger partial charge on any atom is -0.443 e. The third kappa shape index (κ3) is 4.23. The molecule has 1 saturated heterocycles. The lowest BCUT2D eigenvalue weighted by Crippen LogP contribution is -2.52. The molecule has 1 N–H and O–H groups in total. The van der Waals surface area contributed by atoms with Crippen molar-refractivity contribution >= 4 is 6.09 Å². The van der Waals surface area contributed by atoms with Gasteiger partial charge in [-0.1, -0.05) is 12.1 Å². The molecule has 5 nitrogen and oxygen atoms in total. The van der Waals surface area contributed by atoms with Crippen molar-refractivity contribution in [1.82, 2.24) is 4.90 Å². The van der Waals surface area contributed by atoms with E-state index in [1.54, 1.807) is 4.90 Å². The van der Waals surface area contributed by atoms with E-state index < -0.39 is 18.1 Å². The second kappa shape index (κ2) is 6.98. The lowest BCUT2D eigenvalue weighted by atomic mass is 9.80. The predicted molar refractivity (Wildman–Crippen MR) is 86.5 cm³/mol. The first-order valence-electron chi connectivity index (χ1n) is 8.71. The molecule has 1 aliphatic carbocycles. The zero-order valence-electron chi connectivity index (χ0n) is 14.5. The Kier molecular flexibility index (Phi) is 5.05. The summed E-state index contributed by atoms with van der Waals surface area (Å²) < 4.78 is 46.3. The number of aliphatic hydroxyl groups excluding tert-OH is 1. The van der Waals surface area contributed by atoms with Gasteiger partial charge in [-0.15, -0.1) is 13.2 Å². The smallest absolute Gasteiger partial charge is 0.443 e. The van der Waals surface area contributed by atoms with Crippen molar-refractivity contribution < 1.29 is 32.5 Å². The molecule has 1 heterocycles. The van der Waals surface area contributed by atoms with Gasteiger partial charge >= 0.3 is 12.5 Å². The second-order valence-corrected chi connectivity index (χ2v) is 7.02. The van der Waals surface area contributed by atoms with Gasteiger partial charge in [0.1, 0.15) is 11.4 Å². The van der Waals surface area contributed by atoms with Crippen LogP contribution in [-0.2, 0) is 4.74 Å². The molecule has 3 rings (SSSR count). The summed E-state index contributed by atoms with van der Waals surface area (Å²) in [6, 6.07) is 5.17. The Morgan fingerprint density at radius 1 is 1.23 bits per heavy atom. The van der Waals surface area contributed by atoms with Crippen LogP contribution in [-0.4, -0.2) is 40.7 Å². The fourth-order valence-corrected chi connectivity index (χ4v) is 3.67. The molecule has 1 amide bonds. The molecule has 26 heavy (non-hydrogen) atoms. The van der Waals surface area contributed by atoms with Crippen LogP contribution in [0.5, 0.6) is 5.75 Å². The molecule has 1 aromatic rings. The van der Waals surface area contributed by atoms with Crippen molar-refractivity contribution in [1.29, 1.82) is 0 Å². The molecule has 1 saturated carbocycles. The Hall–Kier alpha value is -1.96. The predicted octanol–water partition coefficient (Wildman–Crippen LogP) is 4.16. The van der Waals surface area contributed by atoms with E-state index in [1.165, 1.54) is 24.3 Å². The average Bonchev–Trinajstić information content (AvgIpc) is 2.57. The van der Waals surface area contributed by atoms with Crippen molar-refractivity contribution in [3.8, 4) is 5.75 Å². The summed E-state index contributed by atoms with van der Waals surface area (Å²) >= 11 is 0. The Bertz CT molecular complexity index is 639. The van der Waals surface area contributed by atoms with E-state index in [0.29, 0.717) is 44.2 Å². The normalized spacial score (nSPS) is 28.0. The third-order valence-electron chi connectivity index (χ3n) is 5.28. The number of rotatable bonds is 3. The molecule has 0 radical (unpaired) electrons. The number of carbonyl (C=O) groups excluding carboxylic acids is 1. The molecule has 2 aliphatic rings. The zero-order chi connectivity index (χ0) is 18.9. The number of amides is 1. The van der Waals surface area contributed by atoms with Crippen LogP contribution in [0.1, 0.15) is 50.6 Å². The van der Waals surface area contributed by atoms with Crippen LogP contribution in [0.25, 0.3) is 0 Å². The maximum atomic E-state index is 12.5. The fourth-order valence-electron chi connectivity index (χ4n) is 3.67. The number of halogens is 3. The Labute approximate surface area is 149 Å². The van der Waals surface area contributed by atoms with E-state index in [1.807, 2.05) is 6.92 Å². The van der Waals surface area contributed by atoms with Crippen LogP contribution < -0.4 is 4.74 Å². The highest BCUT2D eigenvalue weighted by atomic mass is 19.4. The molecule has 8 heteroatoms. The average molecular weight is 373 g/mol. The largest absolute Gasteiger partial charge is 0.573 e. The highest BCUT2D eigenvalue weighted by Gasteiger charge is 2.44. The first-order valence-corrected chi connectivity index (χ1v) is 8.71. The van der Waals surface area contributed by atoms with Crippen LogP contribution in [0.15, 0.2) is 24.3 Å². The molecule has 1 aliphatic heterocycles. The molecular weight excluding hydrogens is 351 g/mol. The molecular formula is C18H22F3NO4. The van der Waals surface area contributed by atoms with Gasteiger partial charge in [-0.25, -0.2) is 4.79 Å². The maximum Gasteiger partial charge on any atom is 0.573 e. The highest BCUT2D eigenvalue weighted by Crippen LogP contribution is 2.39. The SMILES string of the molecule is C[C@@H](c1ccc(OC(F)(F)F)cc1)N1CCC2(CCC(O)CC2)OC1=O. The van der Waals surface area contributed by atoms with E-state index in [2.05, 4.69) is 4.74 Å². The summed E-state index contributed by atoms with van der Waals surface area (Å²) in [6.45, 7) is 2.32. The van der Waals surface area contributed by atoms with Crippen molar-refractivity contribution in [2.75, 3.05) is 6.54 Å². The van der Waals surface area contributed by atoms with Crippen LogP contribution in [0, 0.1) is 0 Å². The molecule has 1 aromatic carbocycles.